The summed E-state index contributed by atoms with van der Waals surface area (Å²) in [6, 6.07) is 0.954. The van der Waals surface area contributed by atoms with E-state index in [1.807, 2.05) is 16.8 Å². The molecule has 0 aliphatic rings. The Bertz CT molecular complexity index is 581. The van der Waals surface area contributed by atoms with E-state index in [0.717, 1.165) is 5.56 Å². The van der Waals surface area contributed by atoms with Gasteiger partial charge in [-0.15, -0.1) is 11.8 Å². The molecule has 0 aliphatic carbocycles. The van der Waals surface area contributed by atoms with Gasteiger partial charge in [0.2, 0.25) is 0 Å². The number of carboxylic acids is 1. The normalized spacial score (nSPS) is 13.3. The molecule has 6 nitrogen and oxygen atoms in total. The number of nitrogens with two attached hydrogens (primary N) is 1. The van der Waals surface area contributed by atoms with Gasteiger partial charge in [-0.2, -0.15) is 16.3 Å². The summed E-state index contributed by atoms with van der Waals surface area (Å²) >= 11 is 2.94. The molecule has 0 aromatic carbocycles. The second-order valence-electron chi connectivity index (χ2n) is 4.74. The Morgan fingerprint density at radius 2 is 2.40 bits per heavy atom. The van der Waals surface area contributed by atoms with Gasteiger partial charge in [-0.3, -0.25) is 4.79 Å². The van der Waals surface area contributed by atoms with Crippen LogP contribution in [-0.2, 0) is 10.5 Å². The van der Waals surface area contributed by atoms with Gasteiger partial charge < -0.3 is 15.4 Å². The van der Waals surface area contributed by atoms with Crippen LogP contribution >= 0.6 is 23.1 Å². The molecule has 2 rings (SSSR count). The number of thiophene rings is 1. The molecule has 8 heteroatoms. The molecule has 3 N–H and O–H groups in total. The SMILES string of the molecule is CC(C)(SCc1noc(-c2ccsc2)n1)[C@H](N)C(=O)O. The minimum absolute atomic E-state index is 0.446. The summed E-state index contributed by atoms with van der Waals surface area (Å²) in [5, 5.41) is 16.7. The summed E-state index contributed by atoms with van der Waals surface area (Å²) < 4.78 is 4.55. The molecule has 2 aromatic heterocycles. The number of rotatable bonds is 6. The number of thioether (sulfide) groups is 1. The van der Waals surface area contributed by atoms with Crippen LogP contribution in [0.3, 0.4) is 0 Å². The van der Waals surface area contributed by atoms with Crippen LogP contribution in [0.15, 0.2) is 21.3 Å². The molecular weight excluding hydrogens is 298 g/mol. The molecule has 20 heavy (non-hydrogen) atoms. The largest absolute Gasteiger partial charge is 0.480 e. The van der Waals surface area contributed by atoms with Gasteiger partial charge in [-0.1, -0.05) is 5.16 Å². The first-order valence-corrected chi connectivity index (χ1v) is 7.80. The van der Waals surface area contributed by atoms with Gasteiger partial charge in [0.15, 0.2) is 5.82 Å². The van der Waals surface area contributed by atoms with Crippen molar-refractivity contribution in [3.8, 4) is 11.5 Å². The fraction of sp³-hybridized carbons (Fsp3) is 0.417. The Kier molecular flexibility index (Phi) is 4.46. The quantitative estimate of drug-likeness (QED) is 0.843. The molecule has 1 atom stereocenters. The lowest BCUT2D eigenvalue weighted by molar-refractivity contribution is -0.139. The van der Waals surface area contributed by atoms with E-state index in [0.29, 0.717) is 17.5 Å². The summed E-state index contributed by atoms with van der Waals surface area (Å²) in [5.74, 6) is 0.431. The summed E-state index contributed by atoms with van der Waals surface area (Å²) in [5.41, 5.74) is 6.55. The van der Waals surface area contributed by atoms with Crippen LogP contribution in [0.4, 0.5) is 0 Å². The Morgan fingerprint density at radius 1 is 1.65 bits per heavy atom. The monoisotopic (exact) mass is 313 g/mol. The van der Waals surface area contributed by atoms with Gasteiger partial charge in [0.05, 0.1) is 11.3 Å². The molecule has 2 aromatic rings. The van der Waals surface area contributed by atoms with E-state index in [9.17, 15) is 4.79 Å². The molecule has 2 heterocycles. The molecule has 0 unspecified atom stereocenters. The van der Waals surface area contributed by atoms with Crippen molar-refractivity contribution in [2.24, 2.45) is 5.73 Å². The highest BCUT2D eigenvalue weighted by atomic mass is 32.2. The minimum atomic E-state index is -1.02. The van der Waals surface area contributed by atoms with Crippen LogP contribution in [0, 0.1) is 0 Å². The lowest BCUT2D eigenvalue weighted by Gasteiger charge is -2.27. The summed E-state index contributed by atoms with van der Waals surface area (Å²) in [7, 11) is 0. The molecule has 0 aliphatic heterocycles. The number of hydrogen-bond acceptors (Lipinski definition) is 7. The molecule has 0 saturated carbocycles. The molecule has 0 amide bonds. The Hall–Kier alpha value is -1.38. The standard InChI is InChI=1S/C12H15N3O3S2/c1-12(2,9(13)11(16)17)20-6-8-14-10(18-15-8)7-3-4-19-5-7/h3-5,9H,6,13H2,1-2H3,(H,16,17)/t9-/m1/s1. The summed E-state index contributed by atoms with van der Waals surface area (Å²) in [6.45, 7) is 3.58. The average molecular weight is 313 g/mol. The number of carbonyl (C=O) groups is 1. The second kappa shape index (κ2) is 5.94. The van der Waals surface area contributed by atoms with Crippen molar-refractivity contribution >= 4 is 29.1 Å². The molecular formula is C12H15N3O3S2. The number of carboxylic acid groups (broad SMARTS) is 1. The minimum Gasteiger partial charge on any atom is -0.480 e. The van der Waals surface area contributed by atoms with Crippen LogP contribution < -0.4 is 5.73 Å². The van der Waals surface area contributed by atoms with E-state index >= 15 is 0 Å². The smallest absolute Gasteiger partial charge is 0.321 e. The van der Waals surface area contributed by atoms with Crippen LogP contribution in [0.5, 0.6) is 0 Å². The molecule has 0 fully saturated rings. The van der Waals surface area contributed by atoms with E-state index in [1.54, 1.807) is 25.2 Å². The fourth-order valence-corrected chi connectivity index (χ4v) is 2.98. The summed E-state index contributed by atoms with van der Waals surface area (Å²) in [4.78, 5) is 15.2. The first-order chi connectivity index (χ1) is 9.40. The molecule has 0 radical (unpaired) electrons. The number of aliphatic carboxylic acids is 1. The van der Waals surface area contributed by atoms with Crippen LogP contribution in [-0.4, -0.2) is 32.0 Å². The first-order valence-electron chi connectivity index (χ1n) is 5.87. The third-order valence-electron chi connectivity index (χ3n) is 2.82. The lowest BCUT2D eigenvalue weighted by atomic mass is 10.1. The van der Waals surface area contributed by atoms with Crippen LogP contribution in [0.25, 0.3) is 11.5 Å². The predicted molar refractivity (Wildman–Crippen MR) is 78.6 cm³/mol. The van der Waals surface area contributed by atoms with Crippen molar-refractivity contribution < 1.29 is 14.4 Å². The van der Waals surface area contributed by atoms with E-state index in [2.05, 4.69) is 10.1 Å². The number of aromatic nitrogens is 2. The van der Waals surface area contributed by atoms with Gasteiger partial charge in [-0.05, 0) is 25.3 Å². The van der Waals surface area contributed by atoms with Crippen molar-refractivity contribution in [1.29, 1.82) is 0 Å². The Morgan fingerprint density at radius 3 is 3.00 bits per heavy atom. The van der Waals surface area contributed by atoms with Crippen LogP contribution in [0.1, 0.15) is 19.7 Å². The van der Waals surface area contributed by atoms with Gasteiger partial charge in [0.1, 0.15) is 6.04 Å². The zero-order valence-corrected chi connectivity index (χ0v) is 12.7. The van der Waals surface area contributed by atoms with Crippen molar-refractivity contribution in [2.45, 2.75) is 30.4 Å². The fourth-order valence-electron chi connectivity index (χ4n) is 1.45. The Balaban J connectivity index is 2.00. The van der Waals surface area contributed by atoms with Crippen molar-refractivity contribution in [3.05, 3.63) is 22.7 Å². The van der Waals surface area contributed by atoms with E-state index < -0.39 is 16.8 Å². The second-order valence-corrected chi connectivity index (χ2v) is 7.15. The van der Waals surface area contributed by atoms with Gasteiger partial charge >= 0.3 is 5.97 Å². The molecule has 0 bridgehead atoms. The maximum absolute atomic E-state index is 10.9. The third kappa shape index (κ3) is 3.38. The highest BCUT2D eigenvalue weighted by Gasteiger charge is 2.33. The zero-order valence-electron chi connectivity index (χ0n) is 11.1. The van der Waals surface area contributed by atoms with E-state index in [4.69, 9.17) is 15.4 Å². The predicted octanol–water partition coefficient (Wildman–Crippen LogP) is 2.22. The van der Waals surface area contributed by atoms with E-state index in [-0.39, 0.29) is 0 Å². The number of nitrogens with zero attached hydrogens (tertiary/aromatic N) is 2. The lowest BCUT2D eigenvalue weighted by Crippen LogP contribution is -2.46. The zero-order chi connectivity index (χ0) is 14.8. The van der Waals surface area contributed by atoms with Crippen molar-refractivity contribution in [2.75, 3.05) is 0 Å². The first kappa shape index (κ1) is 15.0. The van der Waals surface area contributed by atoms with Crippen molar-refractivity contribution in [3.63, 3.8) is 0 Å². The highest BCUT2D eigenvalue weighted by molar-refractivity contribution is 7.99. The molecule has 0 spiro atoms. The topological polar surface area (TPSA) is 102 Å². The average Bonchev–Trinajstić information content (AvgIpc) is 3.05. The maximum Gasteiger partial charge on any atom is 0.321 e. The van der Waals surface area contributed by atoms with Crippen molar-refractivity contribution in [1.82, 2.24) is 10.1 Å². The van der Waals surface area contributed by atoms with Gasteiger partial charge in [0, 0.05) is 10.1 Å². The van der Waals surface area contributed by atoms with Crippen LogP contribution in [0.2, 0.25) is 0 Å². The molecule has 108 valence electrons. The summed E-state index contributed by atoms with van der Waals surface area (Å²) in [6.07, 6.45) is 0. The van der Waals surface area contributed by atoms with Gasteiger partial charge in [0.25, 0.3) is 5.89 Å². The maximum atomic E-state index is 10.9. The third-order valence-corrected chi connectivity index (χ3v) is 4.91. The van der Waals surface area contributed by atoms with Gasteiger partial charge in [-0.25, -0.2) is 0 Å². The Labute approximate surface area is 124 Å². The number of hydrogen-bond donors (Lipinski definition) is 2. The van der Waals surface area contributed by atoms with E-state index in [1.165, 1.54) is 11.8 Å². The highest BCUT2D eigenvalue weighted by Crippen LogP contribution is 2.30. The molecule has 0 saturated heterocycles.